The number of nitrogens with two attached hydrogens (primary N) is 1. The Bertz CT molecular complexity index is 544. The van der Waals surface area contributed by atoms with Gasteiger partial charge in [0.05, 0.1) is 18.1 Å². The molecule has 0 aromatic heterocycles. The molecular formula is C13H22N2O4S. The number of aryl methyl sites for hydroxylation is 1. The van der Waals surface area contributed by atoms with Crippen LogP contribution < -0.4 is 10.5 Å². The third-order valence-corrected chi connectivity index (χ3v) is 4.41. The van der Waals surface area contributed by atoms with E-state index in [4.69, 9.17) is 15.6 Å². The summed E-state index contributed by atoms with van der Waals surface area (Å²) in [6.07, 6.45) is 0.541. The molecule has 0 aliphatic carbocycles. The number of aliphatic hydroxyl groups is 1. The van der Waals surface area contributed by atoms with Crippen LogP contribution in [0.3, 0.4) is 0 Å². The van der Waals surface area contributed by atoms with Crippen LogP contribution in [0.1, 0.15) is 17.5 Å². The third kappa shape index (κ3) is 4.75. The van der Waals surface area contributed by atoms with E-state index >= 15 is 0 Å². The van der Waals surface area contributed by atoms with E-state index in [1.165, 1.54) is 0 Å². The minimum Gasteiger partial charge on any atom is -0.398 e. The summed E-state index contributed by atoms with van der Waals surface area (Å²) in [5.41, 5.74) is 7.62. The highest BCUT2D eigenvalue weighted by Gasteiger charge is 2.18. The van der Waals surface area contributed by atoms with Crippen LogP contribution in [0.2, 0.25) is 0 Å². The van der Waals surface area contributed by atoms with Gasteiger partial charge < -0.3 is 15.6 Å². The Kier molecular flexibility index (Phi) is 6.41. The minimum absolute atomic E-state index is 0.0342. The number of nitrogen functional groups attached to an aromatic ring is 1. The fourth-order valence-corrected chi connectivity index (χ4v) is 3.19. The number of benzene rings is 1. The van der Waals surface area contributed by atoms with Crippen molar-refractivity contribution in [1.29, 1.82) is 0 Å². The molecule has 0 unspecified atom stereocenters. The number of sulfonamides is 1. The average molecular weight is 302 g/mol. The Morgan fingerprint density at radius 3 is 2.65 bits per heavy atom. The lowest BCUT2D eigenvalue weighted by Gasteiger charge is -2.12. The first-order valence-corrected chi connectivity index (χ1v) is 7.92. The van der Waals surface area contributed by atoms with Gasteiger partial charge in [0, 0.05) is 18.8 Å². The monoisotopic (exact) mass is 302 g/mol. The maximum absolute atomic E-state index is 12.2. The van der Waals surface area contributed by atoms with E-state index in [0.29, 0.717) is 24.3 Å². The van der Waals surface area contributed by atoms with Crippen LogP contribution in [0, 0.1) is 13.8 Å². The van der Waals surface area contributed by atoms with Gasteiger partial charge in [-0.15, -0.1) is 0 Å². The predicted octanol–water partition coefficient (Wildman–Crippen LogP) is 0.563. The first-order valence-electron chi connectivity index (χ1n) is 6.43. The zero-order valence-corrected chi connectivity index (χ0v) is 12.7. The maximum atomic E-state index is 12.2. The van der Waals surface area contributed by atoms with Gasteiger partial charge in [0.15, 0.2) is 0 Å². The second kappa shape index (κ2) is 7.58. The molecule has 0 saturated heterocycles. The maximum Gasteiger partial charge on any atom is 0.240 e. The standard InChI is InChI=1S/C13H22N2O4S/c1-10-8-12(14)11(2)13(9-10)20(17,18)15-4-3-6-19-7-5-16/h8-9,15-16H,3-7,14H2,1-2H3. The van der Waals surface area contributed by atoms with Gasteiger partial charge in [-0.1, -0.05) is 0 Å². The van der Waals surface area contributed by atoms with Crippen LogP contribution in [0.4, 0.5) is 5.69 Å². The van der Waals surface area contributed by atoms with E-state index in [-0.39, 0.29) is 24.7 Å². The molecule has 4 N–H and O–H groups in total. The van der Waals surface area contributed by atoms with Crippen LogP contribution in [0.25, 0.3) is 0 Å². The summed E-state index contributed by atoms with van der Waals surface area (Å²) in [5.74, 6) is 0. The zero-order chi connectivity index (χ0) is 15.2. The van der Waals surface area contributed by atoms with Gasteiger partial charge in [0.25, 0.3) is 0 Å². The van der Waals surface area contributed by atoms with Crippen LogP contribution in [0.15, 0.2) is 17.0 Å². The SMILES string of the molecule is Cc1cc(N)c(C)c(S(=O)(=O)NCCCOCCO)c1. The molecule has 6 nitrogen and oxygen atoms in total. The van der Waals surface area contributed by atoms with Crippen molar-refractivity contribution in [2.75, 3.05) is 32.1 Å². The lowest BCUT2D eigenvalue weighted by molar-refractivity contribution is 0.0913. The molecule has 1 aromatic rings. The fraction of sp³-hybridized carbons (Fsp3) is 0.538. The van der Waals surface area contributed by atoms with Gasteiger partial charge in [0.1, 0.15) is 0 Å². The molecule has 0 heterocycles. The molecule has 0 amide bonds. The van der Waals surface area contributed by atoms with E-state index in [9.17, 15) is 8.42 Å². The largest absolute Gasteiger partial charge is 0.398 e. The topological polar surface area (TPSA) is 102 Å². The van der Waals surface area contributed by atoms with E-state index in [1.54, 1.807) is 26.0 Å². The van der Waals surface area contributed by atoms with Crippen molar-refractivity contribution >= 4 is 15.7 Å². The molecular weight excluding hydrogens is 280 g/mol. The molecule has 114 valence electrons. The van der Waals surface area contributed by atoms with E-state index < -0.39 is 10.0 Å². The first kappa shape index (κ1) is 16.9. The minimum atomic E-state index is -3.56. The van der Waals surface area contributed by atoms with Crippen molar-refractivity contribution in [2.45, 2.75) is 25.2 Å². The Morgan fingerprint density at radius 1 is 1.30 bits per heavy atom. The fourth-order valence-electron chi connectivity index (χ4n) is 1.76. The van der Waals surface area contributed by atoms with E-state index in [0.717, 1.165) is 5.56 Å². The van der Waals surface area contributed by atoms with Gasteiger partial charge >= 0.3 is 0 Å². The number of ether oxygens (including phenoxy) is 1. The van der Waals surface area contributed by atoms with Gasteiger partial charge in [-0.3, -0.25) is 0 Å². The van der Waals surface area contributed by atoms with E-state index in [2.05, 4.69) is 4.72 Å². The van der Waals surface area contributed by atoms with Crippen LogP contribution in [-0.2, 0) is 14.8 Å². The number of aliphatic hydroxyl groups excluding tert-OH is 1. The molecule has 1 aromatic carbocycles. The molecule has 0 spiro atoms. The Labute approximate surface area is 120 Å². The van der Waals surface area contributed by atoms with Gasteiger partial charge in [0.2, 0.25) is 10.0 Å². The smallest absolute Gasteiger partial charge is 0.240 e. The molecule has 0 fully saturated rings. The second-order valence-corrected chi connectivity index (χ2v) is 6.30. The lowest BCUT2D eigenvalue weighted by atomic mass is 10.1. The van der Waals surface area contributed by atoms with Gasteiger partial charge in [-0.2, -0.15) is 0 Å². The van der Waals surface area contributed by atoms with Gasteiger partial charge in [-0.25, -0.2) is 13.1 Å². The Morgan fingerprint density at radius 2 is 2.00 bits per heavy atom. The number of hydrogen-bond donors (Lipinski definition) is 3. The molecule has 20 heavy (non-hydrogen) atoms. The molecule has 0 aliphatic rings. The van der Waals surface area contributed by atoms with Crippen molar-refractivity contribution in [1.82, 2.24) is 4.72 Å². The number of rotatable bonds is 8. The Hall–Kier alpha value is -1.15. The first-order chi connectivity index (χ1) is 9.38. The molecule has 0 aliphatic heterocycles. The van der Waals surface area contributed by atoms with Crippen molar-refractivity contribution in [2.24, 2.45) is 0 Å². The van der Waals surface area contributed by atoms with Gasteiger partial charge in [-0.05, 0) is 43.5 Å². The van der Waals surface area contributed by atoms with Crippen molar-refractivity contribution in [3.63, 3.8) is 0 Å². The summed E-state index contributed by atoms with van der Waals surface area (Å²) < 4.78 is 32.0. The summed E-state index contributed by atoms with van der Waals surface area (Å²) in [6, 6.07) is 3.35. The average Bonchev–Trinajstić information content (AvgIpc) is 2.37. The highest BCUT2D eigenvalue weighted by molar-refractivity contribution is 7.89. The normalized spacial score (nSPS) is 11.8. The predicted molar refractivity (Wildman–Crippen MR) is 78.0 cm³/mol. The summed E-state index contributed by atoms with van der Waals surface area (Å²) in [4.78, 5) is 0.214. The molecule has 0 radical (unpaired) electrons. The molecule has 0 atom stereocenters. The van der Waals surface area contributed by atoms with Crippen molar-refractivity contribution < 1.29 is 18.3 Å². The summed E-state index contributed by atoms with van der Waals surface area (Å²) in [5, 5.41) is 8.53. The highest BCUT2D eigenvalue weighted by atomic mass is 32.2. The van der Waals surface area contributed by atoms with Crippen LogP contribution in [0.5, 0.6) is 0 Å². The van der Waals surface area contributed by atoms with Crippen molar-refractivity contribution in [3.8, 4) is 0 Å². The summed E-state index contributed by atoms with van der Waals surface area (Å²) in [7, 11) is -3.56. The summed E-state index contributed by atoms with van der Waals surface area (Å²) >= 11 is 0. The second-order valence-electron chi connectivity index (χ2n) is 4.56. The number of nitrogens with one attached hydrogen (secondary N) is 1. The number of anilines is 1. The third-order valence-electron chi connectivity index (χ3n) is 2.83. The zero-order valence-electron chi connectivity index (χ0n) is 11.8. The summed E-state index contributed by atoms with van der Waals surface area (Å²) in [6.45, 7) is 4.40. The number of hydrogen-bond acceptors (Lipinski definition) is 5. The van der Waals surface area contributed by atoms with Crippen LogP contribution in [-0.4, -0.2) is 39.9 Å². The molecule has 1 rings (SSSR count). The van der Waals surface area contributed by atoms with Crippen LogP contribution >= 0.6 is 0 Å². The highest BCUT2D eigenvalue weighted by Crippen LogP contribution is 2.22. The molecule has 7 heteroatoms. The quantitative estimate of drug-likeness (QED) is 0.481. The lowest BCUT2D eigenvalue weighted by Crippen LogP contribution is -2.26. The van der Waals surface area contributed by atoms with E-state index in [1.807, 2.05) is 0 Å². The Balaban J connectivity index is 2.65. The van der Waals surface area contributed by atoms with Crippen molar-refractivity contribution in [3.05, 3.63) is 23.3 Å². The molecule has 0 saturated carbocycles. The molecule has 0 bridgehead atoms.